The van der Waals surface area contributed by atoms with E-state index in [-0.39, 0.29) is 36.0 Å². The summed E-state index contributed by atoms with van der Waals surface area (Å²) in [7, 11) is 1.69. The van der Waals surface area contributed by atoms with Gasteiger partial charge in [-0.3, -0.25) is 4.79 Å². The van der Waals surface area contributed by atoms with Crippen LogP contribution >= 0.6 is 15.9 Å². The number of nitrogens with zero attached hydrogens (tertiary/aromatic N) is 2. The number of carbonyl (C=O) groups is 1. The fourth-order valence-electron chi connectivity index (χ4n) is 4.50. The summed E-state index contributed by atoms with van der Waals surface area (Å²) in [5, 5.41) is 15.3. The molecule has 0 aliphatic heterocycles. The van der Waals surface area contributed by atoms with E-state index < -0.39 is 35.9 Å². The lowest BCUT2D eigenvalue weighted by molar-refractivity contribution is 0.0363. The fraction of sp³-hybridized carbons (Fsp3) is 0.346. The first-order chi connectivity index (χ1) is 17.7. The Morgan fingerprint density at radius 3 is 2.70 bits per heavy atom. The number of hydrogen-bond donors (Lipinski definition) is 4. The molecule has 4 atom stereocenters. The molecule has 1 aromatic heterocycles. The lowest BCUT2D eigenvalue weighted by atomic mass is 9.84. The summed E-state index contributed by atoms with van der Waals surface area (Å²) in [5.41, 5.74) is 7.36. The average molecular weight is 578 g/mol. The van der Waals surface area contributed by atoms with Gasteiger partial charge in [0.2, 0.25) is 0 Å². The van der Waals surface area contributed by atoms with Crippen LogP contribution in [0.1, 0.15) is 52.8 Å². The summed E-state index contributed by atoms with van der Waals surface area (Å²) in [6.45, 7) is 0.290. The van der Waals surface area contributed by atoms with E-state index in [1.54, 1.807) is 13.1 Å². The van der Waals surface area contributed by atoms with Crippen LogP contribution in [0.2, 0.25) is 0 Å². The van der Waals surface area contributed by atoms with Crippen LogP contribution in [0, 0.1) is 11.6 Å². The molecular weight excluding hydrogens is 551 g/mol. The summed E-state index contributed by atoms with van der Waals surface area (Å²) >= 11 is 3.24. The Bertz CT molecular complexity index is 1270. The number of aliphatic hydroxyl groups is 1. The second-order valence-corrected chi connectivity index (χ2v) is 10.0. The maximum Gasteiger partial charge on any atom is 0.254 e. The number of halogens is 4. The molecule has 1 heterocycles. The molecule has 11 heteroatoms. The molecule has 1 saturated carbocycles. The molecule has 37 heavy (non-hydrogen) atoms. The van der Waals surface area contributed by atoms with Gasteiger partial charge in [-0.25, -0.2) is 23.1 Å². The number of nitrogen functional groups attached to an aromatic ring is 1. The third-order valence-electron chi connectivity index (χ3n) is 6.46. The molecule has 1 amide bonds. The van der Waals surface area contributed by atoms with Crippen LogP contribution in [0.4, 0.5) is 19.0 Å². The summed E-state index contributed by atoms with van der Waals surface area (Å²) in [6, 6.07) is 7.65. The van der Waals surface area contributed by atoms with Crippen molar-refractivity contribution in [2.45, 2.75) is 43.5 Å². The first kappa shape index (κ1) is 27.0. The summed E-state index contributed by atoms with van der Waals surface area (Å²) < 4.78 is 43.6. The van der Waals surface area contributed by atoms with E-state index >= 15 is 4.39 Å². The highest BCUT2D eigenvalue weighted by atomic mass is 79.9. The van der Waals surface area contributed by atoms with Gasteiger partial charge in [-0.05, 0) is 62.2 Å². The predicted molar refractivity (Wildman–Crippen MR) is 138 cm³/mol. The number of amides is 1. The van der Waals surface area contributed by atoms with E-state index in [4.69, 9.17) is 5.73 Å². The molecule has 2 aromatic carbocycles. The van der Waals surface area contributed by atoms with Crippen molar-refractivity contribution in [3.8, 4) is 11.3 Å². The second kappa shape index (κ2) is 11.6. The van der Waals surface area contributed by atoms with Crippen LogP contribution in [0.25, 0.3) is 11.3 Å². The number of anilines is 1. The third kappa shape index (κ3) is 6.28. The number of benzene rings is 2. The van der Waals surface area contributed by atoms with E-state index in [1.807, 2.05) is 0 Å². The van der Waals surface area contributed by atoms with E-state index in [2.05, 4.69) is 36.5 Å². The van der Waals surface area contributed by atoms with E-state index in [0.717, 1.165) is 6.07 Å². The Labute approximate surface area is 220 Å². The lowest BCUT2D eigenvalue weighted by Crippen LogP contribution is -2.35. The molecule has 0 bridgehead atoms. The summed E-state index contributed by atoms with van der Waals surface area (Å²) in [6.07, 6.45) is 0.105. The molecule has 0 radical (unpaired) electrons. The third-order valence-corrected chi connectivity index (χ3v) is 6.92. The number of likely N-dealkylation sites (N-methyl/N-ethyl adjacent to an activating group) is 1. The first-order valence-corrected chi connectivity index (χ1v) is 12.6. The van der Waals surface area contributed by atoms with Crippen LogP contribution < -0.4 is 16.4 Å². The molecule has 1 fully saturated rings. The highest BCUT2D eigenvalue weighted by Crippen LogP contribution is 2.35. The van der Waals surface area contributed by atoms with Crippen molar-refractivity contribution in [1.29, 1.82) is 0 Å². The van der Waals surface area contributed by atoms with Gasteiger partial charge in [0.25, 0.3) is 5.91 Å². The predicted octanol–water partition coefficient (Wildman–Crippen LogP) is 4.42. The molecule has 3 aromatic rings. The van der Waals surface area contributed by atoms with E-state index in [9.17, 15) is 18.7 Å². The van der Waals surface area contributed by atoms with Gasteiger partial charge in [-0.2, -0.15) is 0 Å². The Morgan fingerprint density at radius 2 is 2.03 bits per heavy atom. The van der Waals surface area contributed by atoms with Gasteiger partial charge in [0.15, 0.2) is 0 Å². The lowest BCUT2D eigenvalue weighted by Gasteiger charge is -2.28. The Hall–Kier alpha value is -3.02. The quantitative estimate of drug-likeness (QED) is 0.330. The SMILES string of the molecule is CNCC(NC(=O)c1ccc(-c2nc(C3CC[C@H](O)[C@@H](F)C3)cnc2N)cc1F)c1cc(F)cc(Br)c1. The molecule has 196 valence electrons. The average Bonchev–Trinajstić information content (AvgIpc) is 2.85. The van der Waals surface area contributed by atoms with Crippen molar-refractivity contribution in [1.82, 2.24) is 20.6 Å². The van der Waals surface area contributed by atoms with Crippen LogP contribution in [-0.4, -0.2) is 46.8 Å². The molecule has 4 rings (SSSR count). The molecular formula is C26H27BrF3N5O2. The first-order valence-electron chi connectivity index (χ1n) is 11.8. The number of aromatic nitrogens is 2. The van der Waals surface area contributed by atoms with Crippen LogP contribution in [0.15, 0.2) is 47.1 Å². The fourth-order valence-corrected chi connectivity index (χ4v) is 4.99. The number of nitrogens with two attached hydrogens (primary N) is 1. The zero-order chi connectivity index (χ0) is 26.7. The van der Waals surface area contributed by atoms with Crippen LogP contribution in [-0.2, 0) is 0 Å². The number of alkyl halides is 1. The Kier molecular flexibility index (Phi) is 8.46. The maximum absolute atomic E-state index is 15.1. The number of hydrogen-bond acceptors (Lipinski definition) is 6. The number of aliphatic hydroxyl groups excluding tert-OH is 1. The normalized spacial score (nSPS) is 20.4. The standard InChI is InChI=1S/C26H27BrF3N5O2/c1-32-11-21(15-6-16(27)10-17(28)7-15)35-26(37)18-4-2-14(9-19(18)29)24-25(31)33-12-22(34-24)13-3-5-23(36)20(30)8-13/h2,4,6-7,9-10,12-13,20-21,23,32,36H,3,5,8,11H2,1H3,(H2,31,33)(H,35,37)/t13?,20-,21?,23-/m0/s1. The summed E-state index contributed by atoms with van der Waals surface area (Å²) in [4.78, 5) is 21.6. The zero-order valence-electron chi connectivity index (χ0n) is 20.0. The smallest absolute Gasteiger partial charge is 0.254 e. The van der Waals surface area contributed by atoms with Gasteiger partial charge >= 0.3 is 0 Å². The van der Waals surface area contributed by atoms with Crippen molar-refractivity contribution in [2.24, 2.45) is 0 Å². The van der Waals surface area contributed by atoms with Gasteiger partial charge in [0, 0.05) is 22.5 Å². The molecule has 1 aliphatic rings. The largest absolute Gasteiger partial charge is 0.390 e. The molecule has 5 N–H and O–H groups in total. The topological polar surface area (TPSA) is 113 Å². The maximum atomic E-state index is 15.1. The van der Waals surface area contributed by atoms with E-state index in [0.29, 0.717) is 34.1 Å². The number of carbonyl (C=O) groups excluding carboxylic acids is 1. The van der Waals surface area contributed by atoms with Gasteiger partial charge < -0.3 is 21.5 Å². The minimum Gasteiger partial charge on any atom is -0.390 e. The van der Waals surface area contributed by atoms with Crippen molar-refractivity contribution >= 4 is 27.7 Å². The van der Waals surface area contributed by atoms with Gasteiger partial charge in [0.05, 0.1) is 29.6 Å². The number of nitrogens with one attached hydrogen (secondary N) is 2. The monoisotopic (exact) mass is 577 g/mol. The van der Waals surface area contributed by atoms with Crippen molar-refractivity contribution < 1.29 is 23.1 Å². The number of rotatable bonds is 7. The Balaban J connectivity index is 1.56. The van der Waals surface area contributed by atoms with Crippen LogP contribution in [0.3, 0.4) is 0 Å². The van der Waals surface area contributed by atoms with Gasteiger partial charge in [-0.15, -0.1) is 0 Å². The van der Waals surface area contributed by atoms with Gasteiger partial charge in [0.1, 0.15) is 29.3 Å². The van der Waals surface area contributed by atoms with Crippen molar-refractivity contribution in [2.75, 3.05) is 19.3 Å². The Morgan fingerprint density at radius 1 is 1.24 bits per heavy atom. The highest BCUT2D eigenvalue weighted by Gasteiger charge is 2.31. The molecule has 2 unspecified atom stereocenters. The van der Waals surface area contributed by atoms with Crippen molar-refractivity contribution in [3.63, 3.8) is 0 Å². The molecule has 0 saturated heterocycles. The second-order valence-electron chi connectivity index (χ2n) is 9.10. The minimum absolute atomic E-state index is 0.0683. The molecule has 1 aliphatic carbocycles. The minimum atomic E-state index is -1.35. The molecule has 0 spiro atoms. The van der Waals surface area contributed by atoms with Gasteiger partial charge in [-0.1, -0.05) is 22.0 Å². The van der Waals surface area contributed by atoms with Crippen LogP contribution in [0.5, 0.6) is 0 Å². The molecule has 7 nitrogen and oxygen atoms in total. The zero-order valence-corrected chi connectivity index (χ0v) is 21.6. The summed E-state index contributed by atoms with van der Waals surface area (Å²) in [5.74, 6) is -2.12. The highest BCUT2D eigenvalue weighted by molar-refractivity contribution is 9.10. The van der Waals surface area contributed by atoms with E-state index in [1.165, 1.54) is 30.5 Å². The van der Waals surface area contributed by atoms with Crippen molar-refractivity contribution in [3.05, 3.63) is 75.5 Å².